The van der Waals surface area contributed by atoms with Crippen LogP contribution in [0.1, 0.15) is 25.5 Å². The Kier molecular flexibility index (Phi) is 6.77. The number of rotatable bonds is 8. The quantitative estimate of drug-likeness (QED) is 0.486. The van der Waals surface area contributed by atoms with Gasteiger partial charge in [-0.3, -0.25) is 14.7 Å². The summed E-state index contributed by atoms with van der Waals surface area (Å²) in [6.07, 6.45) is 0. The number of aromatic nitrogens is 2. The molecule has 0 radical (unpaired) electrons. The van der Waals surface area contributed by atoms with Gasteiger partial charge in [-0.05, 0) is 42.9 Å². The molecule has 0 aliphatic carbocycles. The van der Waals surface area contributed by atoms with Crippen LogP contribution in [-0.2, 0) is 10.0 Å². The van der Waals surface area contributed by atoms with Gasteiger partial charge < -0.3 is 4.98 Å². The van der Waals surface area contributed by atoms with Crippen LogP contribution >= 0.6 is 11.6 Å². The molecule has 160 valence electrons. The highest BCUT2D eigenvalue weighted by Crippen LogP contribution is 2.27. The third-order valence-corrected chi connectivity index (χ3v) is 6.77. The van der Waals surface area contributed by atoms with Gasteiger partial charge in [0.15, 0.2) is 0 Å². The standard InChI is InChI=1S/C20H23ClN4O4S/c1-3-25(4-2)18(14-7-5-6-8-16(14)21)12-22-30(28,29)13-9-10-17-15(11-13)19(26)24-20(27)23-17/h5-11,18,22H,3-4,12H2,1-2H3,(H2,23,24,26,27). The molecule has 1 atom stereocenters. The topological polar surface area (TPSA) is 115 Å². The molecule has 8 nitrogen and oxygen atoms in total. The van der Waals surface area contributed by atoms with Crippen molar-refractivity contribution in [1.82, 2.24) is 19.6 Å². The van der Waals surface area contributed by atoms with Crippen molar-refractivity contribution >= 4 is 32.5 Å². The van der Waals surface area contributed by atoms with Gasteiger partial charge in [-0.2, -0.15) is 0 Å². The SMILES string of the molecule is CCN(CC)C(CNS(=O)(=O)c1ccc2[nH]c(=O)[nH]c(=O)c2c1)c1ccccc1Cl. The van der Waals surface area contributed by atoms with E-state index in [4.69, 9.17) is 11.6 Å². The minimum atomic E-state index is -3.91. The Bertz CT molecular complexity index is 1270. The van der Waals surface area contributed by atoms with E-state index in [1.165, 1.54) is 18.2 Å². The molecule has 10 heteroatoms. The maximum absolute atomic E-state index is 12.9. The molecule has 0 saturated heterocycles. The first-order valence-electron chi connectivity index (χ1n) is 9.51. The van der Waals surface area contributed by atoms with Crippen LogP contribution in [0.4, 0.5) is 0 Å². The van der Waals surface area contributed by atoms with Gasteiger partial charge in [0.2, 0.25) is 10.0 Å². The molecule has 0 fully saturated rings. The number of fused-ring (bicyclic) bond motifs is 1. The average molecular weight is 451 g/mol. The Labute approximate surface area is 178 Å². The maximum Gasteiger partial charge on any atom is 0.326 e. The summed E-state index contributed by atoms with van der Waals surface area (Å²) >= 11 is 6.37. The molecule has 0 amide bonds. The third-order valence-electron chi connectivity index (χ3n) is 5.01. The minimum absolute atomic E-state index is 0.0648. The van der Waals surface area contributed by atoms with Crippen molar-refractivity contribution in [2.24, 2.45) is 0 Å². The lowest BCUT2D eigenvalue weighted by atomic mass is 10.1. The first-order chi connectivity index (χ1) is 14.3. The minimum Gasteiger partial charge on any atom is -0.307 e. The molecule has 0 bridgehead atoms. The van der Waals surface area contributed by atoms with E-state index in [0.717, 1.165) is 5.56 Å². The number of hydrogen-bond donors (Lipinski definition) is 3. The summed E-state index contributed by atoms with van der Waals surface area (Å²) in [7, 11) is -3.91. The van der Waals surface area contributed by atoms with Crippen LogP contribution in [0.2, 0.25) is 5.02 Å². The molecule has 0 saturated carbocycles. The summed E-state index contributed by atoms with van der Waals surface area (Å²) < 4.78 is 28.5. The molecular weight excluding hydrogens is 428 g/mol. The number of sulfonamides is 1. The highest BCUT2D eigenvalue weighted by molar-refractivity contribution is 7.89. The summed E-state index contributed by atoms with van der Waals surface area (Å²) in [5, 5.41) is 0.652. The maximum atomic E-state index is 12.9. The van der Waals surface area contributed by atoms with Crippen molar-refractivity contribution in [3.8, 4) is 0 Å². The smallest absolute Gasteiger partial charge is 0.307 e. The summed E-state index contributed by atoms with van der Waals surface area (Å²) in [4.78, 5) is 30.0. The number of halogens is 1. The van der Waals surface area contributed by atoms with Crippen LogP contribution in [0.25, 0.3) is 10.9 Å². The van der Waals surface area contributed by atoms with Crippen molar-refractivity contribution in [3.63, 3.8) is 0 Å². The van der Waals surface area contributed by atoms with Crippen molar-refractivity contribution in [2.45, 2.75) is 24.8 Å². The number of likely N-dealkylation sites (N-methyl/N-ethyl adjacent to an activating group) is 1. The Hall–Kier alpha value is -2.46. The first kappa shape index (κ1) is 22.2. The van der Waals surface area contributed by atoms with Crippen molar-refractivity contribution < 1.29 is 8.42 Å². The van der Waals surface area contributed by atoms with Crippen LogP contribution < -0.4 is 16.0 Å². The number of benzene rings is 2. The van der Waals surface area contributed by atoms with E-state index >= 15 is 0 Å². The van der Waals surface area contributed by atoms with Gasteiger partial charge in [0.1, 0.15) is 0 Å². The van der Waals surface area contributed by atoms with Crippen LogP contribution in [0.3, 0.4) is 0 Å². The Balaban J connectivity index is 1.93. The predicted octanol–water partition coefficient (Wildman–Crippen LogP) is 2.23. The van der Waals surface area contributed by atoms with Gasteiger partial charge in [-0.15, -0.1) is 0 Å². The van der Waals surface area contributed by atoms with Gasteiger partial charge in [-0.1, -0.05) is 43.6 Å². The van der Waals surface area contributed by atoms with Crippen molar-refractivity contribution in [3.05, 3.63) is 73.9 Å². The largest absolute Gasteiger partial charge is 0.326 e. The van der Waals surface area contributed by atoms with Gasteiger partial charge in [-0.25, -0.2) is 17.9 Å². The Morgan fingerprint density at radius 2 is 1.77 bits per heavy atom. The van der Waals surface area contributed by atoms with Crippen molar-refractivity contribution in [1.29, 1.82) is 0 Å². The monoisotopic (exact) mass is 450 g/mol. The molecule has 0 aliphatic heterocycles. The zero-order valence-corrected chi connectivity index (χ0v) is 18.2. The summed E-state index contributed by atoms with van der Waals surface area (Å²) in [5.41, 5.74) is -0.205. The number of nitrogens with zero attached hydrogens (tertiary/aromatic N) is 1. The average Bonchev–Trinajstić information content (AvgIpc) is 2.71. The third kappa shape index (κ3) is 4.65. The molecular formula is C20H23ClN4O4S. The van der Waals surface area contributed by atoms with Gasteiger partial charge in [0, 0.05) is 17.6 Å². The second-order valence-electron chi connectivity index (χ2n) is 6.73. The lowest BCUT2D eigenvalue weighted by Gasteiger charge is -2.30. The summed E-state index contributed by atoms with van der Waals surface area (Å²) in [6, 6.07) is 11.1. The molecule has 1 heterocycles. The fourth-order valence-electron chi connectivity index (χ4n) is 3.43. The molecule has 3 aromatic rings. The van der Waals surface area contributed by atoms with Gasteiger partial charge in [0.25, 0.3) is 5.56 Å². The van der Waals surface area contributed by atoms with E-state index in [1.54, 1.807) is 6.07 Å². The molecule has 2 aromatic carbocycles. The zero-order valence-electron chi connectivity index (χ0n) is 16.6. The summed E-state index contributed by atoms with van der Waals surface area (Å²) in [5.74, 6) is 0. The second-order valence-corrected chi connectivity index (χ2v) is 8.90. The second kappa shape index (κ2) is 9.13. The molecule has 0 aliphatic rings. The predicted molar refractivity (Wildman–Crippen MR) is 117 cm³/mol. The lowest BCUT2D eigenvalue weighted by molar-refractivity contribution is 0.220. The van der Waals surface area contributed by atoms with Crippen molar-refractivity contribution in [2.75, 3.05) is 19.6 Å². The van der Waals surface area contributed by atoms with E-state index in [0.29, 0.717) is 18.1 Å². The number of nitrogens with one attached hydrogen (secondary N) is 3. The molecule has 0 spiro atoms. The van der Waals surface area contributed by atoms with E-state index in [9.17, 15) is 18.0 Å². The molecule has 3 N–H and O–H groups in total. The number of aromatic amines is 2. The van der Waals surface area contributed by atoms with Gasteiger partial charge in [0.05, 0.1) is 15.8 Å². The van der Waals surface area contributed by atoms with E-state index in [-0.39, 0.29) is 28.4 Å². The zero-order chi connectivity index (χ0) is 21.9. The lowest BCUT2D eigenvalue weighted by Crippen LogP contribution is -2.38. The highest BCUT2D eigenvalue weighted by Gasteiger charge is 2.24. The van der Waals surface area contributed by atoms with Crippen LogP contribution in [0, 0.1) is 0 Å². The van der Waals surface area contributed by atoms with E-state index in [1.807, 2.05) is 32.0 Å². The van der Waals surface area contributed by atoms with E-state index < -0.39 is 21.3 Å². The summed E-state index contributed by atoms with van der Waals surface area (Å²) in [6.45, 7) is 5.53. The molecule has 1 unspecified atom stereocenters. The Morgan fingerprint density at radius 1 is 1.07 bits per heavy atom. The van der Waals surface area contributed by atoms with Crippen LogP contribution in [-0.4, -0.2) is 42.9 Å². The first-order valence-corrected chi connectivity index (χ1v) is 11.4. The fourth-order valence-corrected chi connectivity index (χ4v) is 4.75. The van der Waals surface area contributed by atoms with E-state index in [2.05, 4.69) is 19.6 Å². The highest BCUT2D eigenvalue weighted by atomic mass is 35.5. The molecule has 1 aromatic heterocycles. The Morgan fingerprint density at radius 3 is 2.43 bits per heavy atom. The number of hydrogen-bond acceptors (Lipinski definition) is 5. The normalized spacial score (nSPS) is 13.1. The van der Waals surface area contributed by atoms with Crippen LogP contribution in [0.15, 0.2) is 56.9 Å². The van der Waals surface area contributed by atoms with Crippen LogP contribution in [0.5, 0.6) is 0 Å². The van der Waals surface area contributed by atoms with Gasteiger partial charge >= 0.3 is 5.69 Å². The number of H-pyrrole nitrogens is 2. The molecule has 3 rings (SSSR count). The molecule has 30 heavy (non-hydrogen) atoms. The fraction of sp³-hybridized carbons (Fsp3) is 0.300.